The first-order valence-electron chi connectivity index (χ1n) is 6.36. The van der Waals surface area contributed by atoms with E-state index in [9.17, 15) is 5.11 Å². The Morgan fingerprint density at radius 2 is 1.65 bits per heavy atom. The average Bonchev–Trinajstić information content (AvgIpc) is 2.91. The first kappa shape index (κ1) is 11.0. The molecule has 1 heterocycles. The molecule has 4 rings (SSSR count). The molecule has 0 spiro atoms. The van der Waals surface area contributed by atoms with Gasteiger partial charge in [0, 0.05) is 5.39 Å². The molecule has 0 radical (unpaired) electrons. The fourth-order valence-corrected chi connectivity index (χ4v) is 2.50. The fraction of sp³-hybridized carbons (Fsp3) is 0. The van der Waals surface area contributed by atoms with Crippen molar-refractivity contribution in [1.82, 2.24) is 15.0 Å². The standard InChI is InChI=1S/C16H11N3O/c20-15-10-9-11-5-1-2-6-12(11)16(15)19-14-8-4-3-7-13(14)17-18-19/h1-10,20H. The van der Waals surface area contributed by atoms with Crippen molar-refractivity contribution < 1.29 is 5.11 Å². The van der Waals surface area contributed by atoms with Gasteiger partial charge in [-0.05, 0) is 23.6 Å². The number of hydrogen-bond donors (Lipinski definition) is 1. The van der Waals surface area contributed by atoms with Gasteiger partial charge in [0.15, 0.2) is 0 Å². The number of hydrogen-bond acceptors (Lipinski definition) is 3. The molecule has 0 bridgehead atoms. The molecular weight excluding hydrogens is 250 g/mol. The molecule has 1 N–H and O–H groups in total. The molecule has 3 aromatic carbocycles. The van der Waals surface area contributed by atoms with Crippen LogP contribution in [0, 0.1) is 0 Å². The predicted molar refractivity (Wildman–Crippen MR) is 78.0 cm³/mol. The fourth-order valence-electron chi connectivity index (χ4n) is 2.50. The molecule has 1 aromatic heterocycles. The van der Waals surface area contributed by atoms with E-state index in [-0.39, 0.29) is 5.75 Å². The van der Waals surface area contributed by atoms with Gasteiger partial charge in [-0.2, -0.15) is 0 Å². The number of nitrogens with zero attached hydrogens (tertiary/aromatic N) is 3. The van der Waals surface area contributed by atoms with Gasteiger partial charge in [-0.3, -0.25) is 0 Å². The number of benzene rings is 3. The van der Waals surface area contributed by atoms with Crippen LogP contribution < -0.4 is 0 Å². The predicted octanol–water partition coefficient (Wildman–Crippen LogP) is 3.28. The number of para-hydroxylation sites is 1. The minimum Gasteiger partial charge on any atom is -0.506 e. The third kappa shape index (κ3) is 1.48. The van der Waals surface area contributed by atoms with Crippen molar-refractivity contribution in [2.24, 2.45) is 0 Å². The summed E-state index contributed by atoms with van der Waals surface area (Å²) in [5, 5.41) is 20.6. The smallest absolute Gasteiger partial charge is 0.141 e. The van der Waals surface area contributed by atoms with Gasteiger partial charge in [-0.15, -0.1) is 5.10 Å². The van der Waals surface area contributed by atoms with Crippen LogP contribution >= 0.6 is 0 Å². The lowest BCUT2D eigenvalue weighted by molar-refractivity contribution is 0.471. The number of rotatable bonds is 1. The number of aromatic hydroxyl groups is 1. The van der Waals surface area contributed by atoms with E-state index in [2.05, 4.69) is 10.3 Å². The van der Waals surface area contributed by atoms with Crippen LogP contribution in [0.4, 0.5) is 0 Å². The molecule has 4 nitrogen and oxygen atoms in total. The quantitative estimate of drug-likeness (QED) is 0.572. The average molecular weight is 261 g/mol. The molecule has 0 atom stereocenters. The van der Waals surface area contributed by atoms with Gasteiger partial charge in [0.2, 0.25) is 0 Å². The van der Waals surface area contributed by atoms with E-state index in [4.69, 9.17) is 0 Å². The molecule has 4 heteroatoms. The van der Waals surface area contributed by atoms with Gasteiger partial charge in [0.05, 0.1) is 5.52 Å². The molecule has 0 aliphatic heterocycles. The molecule has 0 saturated carbocycles. The number of phenols is 1. The van der Waals surface area contributed by atoms with Crippen molar-refractivity contribution in [2.75, 3.05) is 0 Å². The summed E-state index contributed by atoms with van der Waals surface area (Å²) in [5.41, 5.74) is 2.34. The maximum Gasteiger partial charge on any atom is 0.141 e. The summed E-state index contributed by atoms with van der Waals surface area (Å²) in [5.74, 6) is 0.194. The van der Waals surface area contributed by atoms with Crippen molar-refractivity contribution in [2.45, 2.75) is 0 Å². The third-order valence-electron chi connectivity index (χ3n) is 3.44. The Morgan fingerprint density at radius 3 is 2.60 bits per heavy atom. The van der Waals surface area contributed by atoms with Crippen LogP contribution in [-0.4, -0.2) is 20.1 Å². The summed E-state index contributed by atoms with van der Waals surface area (Å²) in [6, 6.07) is 19.2. The van der Waals surface area contributed by atoms with Crippen LogP contribution in [0.5, 0.6) is 5.75 Å². The topological polar surface area (TPSA) is 50.9 Å². The monoisotopic (exact) mass is 261 g/mol. The van der Waals surface area contributed by atoms with E-state index >= 15 is 0 Å². The molecule has 4 aromatic rings. The first-order valence-corrected chi connectivity index (χ1v) is 6.36. The highest BCUT2D eigenvalue weighted by atomic mass is 16.3. The molecule has 96 valence electrons. The highest BCUT2D eigenvalue weighted by Crippen LogP contribution is 2.31. The summed E-state index contributed by atoms with van der Waals surface area (Å²) in [6.07, 6.45) is 0. The summed E-state index contributed by atoms with van der Waals surface area (Å²) >= 11 is 0. The molecular formula is C16H11N3O. The molecule has 0 fully saturated rings. The van der Waals surface area contributed by atoms with E-state index in [0.717, 1.165) is 21.8 Å². The van der Waals surface area contributed by atoms with Crippen LogP contribution in [0.25, 0.3) is 27.5 Å². The zero-order chi connectivity index (χ0) is 13.5. The minimum absolute atomic E-state index is 0.194. The number of fused-ring (bicyclic) bond motifs is 2. The molecule has 0 saturated heterocycles. The Balaban J connectivity index is 2.14. The van der Waals surface area contributed by atoms with E-state index in [1.807, 2.05) is 54.6 Å². The second-order valence-electron chi connectivity index (χ2n) is 4.64. The molecule has 0 aliphatic rings. The largest absolute Gasteiger partial charge is 0.506 e. The van der Waals surface area contributed by atoms with Crippen LogP contribution in [0.2, 0.25) is 0 Å². The molecule has 0 aliphatic carbocycles. The van der Waals surface area contributed by atoms with Gasteiger partial charge in [-0.25, -0.2) is 4.68 Å². The van der Waals surface area contributed by atoms with E-state index < -0.39 is 0 Å². The second kappa shape index (κ2) is 4.06. The van der Waals surface area contributed by atoms with Crippen LogP contribution in [0.15, 0.2) is 60.7 Å². The Bertz CT molecular complexity index is 927. The van der Waals surface area contributed by atoms with Crippen molar-refractivity contribution in [3.63, 3.8) is 0 Å². The number of phenolic OH excluding ortho intramolecular Hbond substituents is 1. The van der Waals surface area contributed by atoms with Gasteiger partial charge in [0.25, 0.3) is 0 Å². The van der Waals surface area contributed by atoms with Crippen LogP contribution in [-0.2, 0) is 0 Å². The van der Waals surface area contributed by atoms with Crippen molar-refractivity contribution in [1.29, 1.82) is 0 Å². The Morgan fingerprint density at radius 1 is 0.850 bits per heavy atom. The zero-order valence-electron chi connectivity index (χ0n) is 10.6. The lowest BCUT2D eigenvalue weighted by Gasteiger charge is -2.09. The third-order valence-corrected chi connectivity index (χ3v) is 3.44. The van der Waals surface area contributed by atoms with Crippen molar-refractivity contribution >= 4 is 21.8 Å². The van der Waals surface area contributed by atoms with E-state index in [1.165, 1.54) is 0 Å². The Hall–Kier alpha value is -2.88. The highest BCUT2D eigenvalue weighted by Gasteiger charge is 2.13. The van der Waals surface area contributed by atoms with Gasteiger partial charge < -0.3 is 5.11 Å². The van der Waals surface area contributed by atoms with Crippen molar-refractivity contribution in [3.8, 4) is 11.4 Å². The van der Waals surface area contributed by atoms with Crippen molar-refractivity contribution in [3.05, 3.63) is 60.7 Å². The normalized spacial score (nSPS) is 11.2. The lowest BCUT2D eigenvalue weighted by atomic mass is 10.1. The summed E-state index contributed by atoms with van der Waals surface area (Å²) in [7, 11) is 0. The van der Waals surface area contributed by atoms with Gasteiger partial charge in [-0.1, -0.05) is 47.7 Å². The maximum atomic E-state index is 10.3. The van der Waals surface area contributed by atoms with E-state index in [1.54, 1.807) is 10.7 Å². The highest BCUT2D eigenvalue weighted by molar-refractivity contribution is 5.94. The maximum absolute atomic E-state index is 10.3. The summed E-state index contributed by atoms with van der Waals surface area (Å²) in [4.78, 5) is 0. The Kier molecular flexibility index (Phi) is 2.23. The van der Waals surface area contributed by atoms with Gasteiger partial charge >= 0.3 is 0 Å². The second-order valence-corrected chi connectivity index (χ2v) is 4.64. The van der Waals surface area contributed by atoms with E-state index in [0.29, 0.717) is 5.69 Å². The Labute approximate surface area is 114 Å². The van der Waals surface area contributed by atoms with Crippen LogP contribution in [0.3, 0.4) is 0 Å². The number of aromatic nitrogens is 3. The molecule has 0 unspecified atom stereocenters. The first-order chi connectivity index (χ1) is 9.84. The zero-order valence-corrected chi connectivity index (χ0v) is 10.6. The minimum atomic E-state index is 0.194. The SMILES string of the molecule is Oc1ccc2ccccc2c1-n1nnc2ccccc21. The van der Waals surface area contributed by atoms with Crippen LogP contribution in [0.1, 0.15) is 0 Å². The summed E-state index contributed by atoms with van der Waals surface area (Å²) < 4.78 is 1.69. The molecule has 20 heavy (non-hydrogen) atoms. The molecule has 0 amide bonds. The lowest BCUT2D eigenvalue weighted by Crippen LogP contribution is -1.98. The van der Waals surface area contributed by atoms with Gasteiger partial charge in [0.1, 0.15) is 17.0 Å². The summed E-state index contributed by atoms with van der Waals surface area (Å²) in [6.45, 7) is 0.